The zero-order valence-corrected chi connectivity index (χ0v) is 11.0. The zero-order valence-electron chi connectivity index (χ0n) is 11.0. The molecule has 0 fully saturated rings. The molecule has 1 N–H and O–H groups in total. The van der Waals surface area contributed by atoms with Crippen molar-refractivity contribution in [2.24, 2.45) is 5.92 Å². The Balaban J connectivity index is 2.32. The highest BCUT2D eigenvalue weighted by Gasteiger charge is 2.05. The lowest BCUT2D eigenvalue weighted by Crippen LogP contribution is -2.07. The Labute approximate surface area is 104 Å². The number of benzene rings is 1. The molecule has 0 aliphatic rings. The minimum absolute atomic E-state index is 0.735. The largest absolute Gasteiger partial charge is 0.347 e. The van der Waals surface area contributed by atoms with Gasteiger partial charge in [0.15, 0.2) is 0 Å². The molecule has 1 unspecified atom stereocenters. The van der Waals surface area contributed by atoms with Gasteiger partial charge in [-0.3, -0.25) is 0 Å². The van der Waals surface area contributed by atoms with E-state index in [0.29, 0.717) is 0 Å². The summed E-state index contributed by atoms with van der Waals surface area (Å²) in [6.45, 7) is 6.61. The van der Waals surface area contributed by atoms with Crippen LogP contribution >= 0.6 is 0 Å². The summed E-state index contributed by atoms with van der Waals surface area (Å²) in [4.78, 5) is 0. The van der Waals surface area contributed by atoms with Crippen LogP contribution in [0.25, 0.3) is 10.9 Å². The predicted octanol–water partition coefficient (Wildman–Crippen LogP) is 3.41. The van der Waals surface area contributed by atoms with Crippen molar-refractivity contribution in [1.82, 2.24) is 9.88 Å². The van der Waals surface area contributed by atoms with E-state index in [-0.39, 0.29) is 0 Å². The molecule has 0 aliphatic carbocycles. The highest BCUT2D eigenvalue weighted by molar-refractivity contribution is 5.80. The molecule has 0 radical (unpaired) electrons. The minimum atomic E-state index is 0.735. The number of rotatable bonds is 5. The summed E-state index contributed by atoms with van der Waals surface area (Å²) in [5.41, 5.74) is 2.71. The fourth-order valence-corrected chi connectivity index (χ4v) is 2.17. The molecule has 0 amide bonds. The fourth-order valence-electron chi connectivity index (χ4n) is 2.17. The second-order valence-electron chi connectivity index (χ2n) is 4.91. The van der Waals surface area contributed by atoms with Crippen LogP contribution in [0.5, 0.6) is 0 Å². The van der Waals surface area contributed by atoms with Gasteiger partial charge in [0.25, 0.3) is 0 Å². The quantitative estimate of drug-likeness (QED) is 0.833. The van der Waals surface area contributed by atoms with Crippen LogP contribution in [0.1, 0.15) is 25.8 Å². The summed E-state index contributed by atoms with van der Waals surface area (Å²) in [6, 6.07) is 8.93. The number of nitrogens with one attached hydrogen (secondary N) is 1. The van der Waals surface area contributed by atoms with E-state index in [1.807, 2.05) is 7.05 Å². The van der Waals surface area contributed by atoms with Crippen molar-refractivity contribution in [2.75, 3.05) is 7.05 Å². The van der Waals surface area contributed by atoms with Crippen LogP contribution in [-0.2, 0) is 13.1 Å². The maximum Gasteiger partial charge on any atom is 0.0483 e. The maximum absolute atomic E-state index is 3.20. The van der Waals surface area contributed by atoms with Gasteiger partial charge in [-0.05, 0) is 36.0 Å². The molecule has 2 nitrogen and oxygen atoms in total. The highest BCUT2D eigenvalue weighted by Crippen LogP contribution is 2.19. The van der Waals surface area contributed by atoms with Crippen LogP contribution in [0.3, 0.4) is 0 Å². The minimum Gasteiger partial charge on any atom is -0.347 e. The molecule has 1 aromatic carbocycles. The van der Waals surface area contributed by atoms with Gasteiger partial charge in [0.1, 0.15) is 0 Å². The van der Waals surface area contributed by atoms with E-state index in [9.17, 15) is 0 Å². The number of fused-ring (bicyclic) bond motifs is 1. The molecule has 2 rings (SSSR count). The zero-order chi connectivity index (χ0) is 12.3. The van der Waals surface area contributed by atoms with Gasteiger partial charge in [-0.15, -0.1) is 0 Å². The van der Waals surface area contributed by atoms with E-state index in [4.69, 9.17) is 0 Å². The van der Waals surface area contributed by atoms with Gasteiger partial charge in [-0.1, -0.05) is 32.4 Å². The van der Waals surface area contributed by atoms with Crippen LogP contribution in [-0.4, -0.2) is 11.6 Å². The van der Waals surface area contributed by atoms with Gasteiger partial charge in [0, 0.05) is 24.8 Å². The predicted molar refractivity (Wildman–Crippen MR) is 74.2 cm³/mol. The van der Waals surface area contributed by atoms with E-state index in [0.717, 1.165) is 19.0 Å². The van der Waals surface area contributed by atoms with Crippen LogP contribution in [0.4, 0.5) is 0 Å². The lowest BCUT2D eigenvalue weighted by molar-refractivity contribution is 0.477. The standard InChI is InChI=1S/C15H22N2/c1-4-12(2)11-17-8-7-14-6-5-13(10-16-3)9-15(14)17/h5-9,12,16H,4,10-11H2,1-3H3. The number of hydrogen-bond acceptors (Lipinski definition) is 1. The number of aromatic nitrogens is 1. The normalized spacial score (nSPS) is 13.1. The average molecular weight is 230 g/mol. The van der Waals surface area contributed by atoms with Gasteiger partial charge in [-0.2, -0.15) is 0 Å². The van der Waals surface area contributed by atoms with Gasteiger partial charge < -0.3 is 9.88 Å². The monoisotopic (exact) mass is 230 g/mol. The molecule has 0 aliphatic heterocycles. The maximum atomic E-state index is 3.20. The van der Waals surface area contributed by atoms with Crippen LogP contribution in [0, 0.1) is 5.92 Å². The van der Waals surface area contributed by atoms with Crippen molar-refractivity contribution < 1.29 is 0 Å². The lowest BCUT2D eigenvalue weighted by Gasteiger charge is -2.11. The first-order chi connectivity index (χ1) is 8.24. The van der Waals surface area contributed by atoms with Gasteiger partial charge >= 0.3 is 0 Å². The van der Waals surface area contributed by atoms with E-state index in [2.05, 4.69) is 54.2 Å². The third-order valence-corrected chi connectivity index (χ3v) is 3.42. The Morgan fingerprint density at radius 3 is 2.82 bits per heavy atom. The summed E-state index contributed by atoms with van der Waals surface area (Å²) >= 11 is 0. The lowest BCUT2D eigenvalue weighted by atomic mass is 10.1. The van der Waals surface area contributed by atoms with Crippen molar-refractivity contribution in [3.8, 4) is 0 Å². The third-order valence-electron chi connectivity index (χ3n) is 3.42. The molecule has 0 spiro atoms. The van der Waals surface area contributed by atoms with Crippen molar-refractivity contribution >= 4 is 10.9 Å². The Hall–Kier alpha value is -1.28. The third kappa shape index (κ3) is 2.70. The van der Waals surface area contributed by atoms with E-state index in [1.165, 1.54) is 22.9 Å². The van der Waals surface area contributed by atoms with E-state index in [1.54, 1.807) is 0 Å². The molecule has 92 valence electrons. The first-order valence-corrected chi connectivity index (χ1v) is 6.47. The highest BCUT2D eigenvalue weighted by atomic mass is 15.0. The van der Waals surface area contributed by atoms with E-state index < -0.39 is 0 Å². The van der Waals surface area contributed by atoms with Crippen molar-refractivity contribution in [1.29, 1.82) is 0 Å². The summed E-state index contributed by atoms with van der Waals surface area (Å²) in [7, 11) is 1.99. The molecule has 0 bridgehead atoms. The van der Waals surface area contributed by atoms with Crippen LogP contribution in [0.2, 0.25) is 0 Å². The smallest absolute Gasteiger partial charge is 0.0483 e. The van der Waals surface area contributed by atoms with Crippen molar-refractivity contribution in [2.45, 2.75) is 33.4 Å². The molecule has 17 heavy (non-hydrogen) atoms. The summed E-state index contributed by atoms with van der Waals surface area (Å²) in [5, 5.41) is 4.54. The Morgan fingerprint density at radius 2 is 2.12 bits per heavy atom. The Morgan fingerprint density at radius 1 is 1.29 bits per heavy atom. The average Bonchev–Trinajstić information content (AvgIpc) is 2.72. The van der Waals surface area contributed by atoms with Gasteiger partial charge in [0.05, 0.1) is 0 Å². The second-order valence-corrected chi connectivity index (χ2v) is 4.91. The molecular formula is C15H22N2. The van der Waals surface area contributed by atoms with Crippen LogP contribution in [0.15, 0.2) is 30.5 Å². The van der Waals surface area contributed by atoms with Crippen molar-refractivity contribution in [3.05, 3.63) is 36.0 Å². The van der Waals surface area contributed by atoms with Crippen LogP contribution < -0.4 is 5.32 Å². The SMILES string of the molecule is CCC(C)Cn1ccc2ccc(CNC)cc21. The molecule has 1 heterocycles. The van der Waals surface area contributed by atoms with E-state index >= 15 is 0 Å². The molecule has 1 atom stereocenters. The molecular weight excluding hydrogens is 208 g/mol. The second kappa shape index (κ2) is 5.37. The topological polar surface area (TPSA) is 17.0 Å². The summed E-state index contributed by atoms with van der Waals surface area (Å²) < 4.78 is 2.38. The number of nitrogens with zero attached hydrogens (tertiary/aromatic N) is 1. The summed E-state index contributed by atoms with van der Waals surface area (Å²) in [5.74, 6) is 0.735. The summed E-state index contributed by atoms with van der Waals surface area (Å²) in [6.07, 6.45) is 3.44. The molecule has 2 heteroatoms. The first kappa shape index (κ1) is 12.2. The molecule has 0 saturated carbocycles. The Kier molecular flexibility index (Phi) is 3.85. The first-order valence-electron chi connectivity index (χ1n) is 6.47. The fraction of sp³-hybridized carbons (Fsp3) is 0.467. The molecule has 0 saturated heterocycles. The molecule has 2 aromatic rings. The Bertz CT molecular complexity index is 485. The van der Waals surface area contributed by atoms with Gasteiger partial charge in [0.2, 0.25) is 0 Å². The van der Waals surface area contributed by atoms with Gasteiger partial charge in [-0.25, -0.2) is 0 Å². The van der Waals surface area contributed by atoms with Crippen molar-refractivity contribution in [3.63, 3.8) is 0 Å². The molecule has 1 aromatic heterocycles. The number of hydrogen-bond donors (Lipinski definition) is 1.